The van der Waals surface area contributed by atoms with Crippen LogP contribution < -0.4 is 0 Å². The van der Waals surface area contributed by atoms with Gasteiger partial charge in [-0.1, -0.05) is 48.6 Å². The summed E-state index contributed by atoms with van der Waals surface area (Å²) < 4.78 is 1.17. The van der Waals surface area contributed by atoms with Gasteiger partial charge in [-0.2, -0.15) is 0 Å². The second-order valence-corrected chi connectivity index (χ2v) is 7.48. The predicted octanol–water partition coefficient (Wildman–Crippen LogP) is 3.27. The summed E-state index contributed by atoms with van der Waals surface area (Å²) >= 11 is 3.40. The van der Waals surface area contributed by atoms with Crippen molar-refractivity contribution in [2.75, 3.05) is 0 Å². The molecule has 5 heteroatoms. The number of hydrogen-bond donors (Lipinski definition) is 1. The number of β-lactam (4-membered cyclic amide) rings is 1. The Hall–Kier alpha value is -0.910. The highest BCUT2D eigenvalue weighted by atomic mass is 32.2. The topological polar surface area (TPSA) is 40.5 Å². The lowest BCUT2D eigenvalue weighted by Crippen LogP contribution is -2.60. The first kappa shape index (κ1) is 14.0. The first-order chi connectivity index (χ1) is 9.63. The maximum Gasteiger partial charge on any atom is 0.236 e. The fourth-order valence-corrected chi connectivity index (χ4v) is 5.39. The molecule has 2 aliphatic heterocycles. The third-order valence-corrected chi connectivity index (χ3v) is 6.54. The molecule has 0 unspecified atom stereocenters. The van der Waals surface area contributed by atoms with Crippen LogP contribution in [0.1, 0.15) is 20.3 Å². The van der Waals surface area contributed by atoms with Gasteiger partial charge in [-0.05, 0) is 25.5 Å². The van der Waals surface area contributed by atoms with Crippen LogP contribution in [0.25, 0.3) is 0 Å². The van der Waals surface area contributed by atoms with Crippen molar-refractivity contribution in [3.8, 4) is 0 Å². The Bertz CT molecular complexity index is 558. The summed E-state index contributed by atoms with van der Waals surface area (Å²) in [4.78, 5) is 15.2. The van der Waals surface area contributed by atoms with Gasteiger partial charge in [0.2, 0.25) is 5.91 Å². The number of benzene rings is 1. The smallest absolute Gasteiger partial charge is 0.236 e. The molecule has 1 amide bonds. The molecular weight excluding hydrogens is 290 g/mol. The molecule has 1 N–H and O–H groups in total. The number of allylic oxidation sites excluding steroid dienone is 1. The molecule has 0 spiro atoms. The molecule has 0 aliphatic carbocycles. The maximum atomic E-state index is 12.2. The van der Waals surface area contributed by atoms with Crippen molar-refractivity contribution in [2.45, 2.75) is 36.6 Å². The molecule has 0 bridgehead atoms. The highest BCUT2D eigenvalue weighted by Gasteiger charge is 2.55. The summed E-state index contributed by atoms with van der Waals surface area (Å²) in [7, 11) is 0. The zero-order valence-electron chi connectivity index (χ0n) is 11.4. The SMILES string of the molecule is CC[C@H](O)[C@@H]1C(=O)N2C(C)=C(Sc3ccccc3)S[C@H]12. The number of hydrogen-bond acceptors (Lipinski definition) is 4. The average molecular weight is 307 g/mol. The van der Waals surface area contributed by atoms with E-state index in [1.165, 1.54) is 9.13 Å². The fourth-order valence-electron chi connectivity index (χ4n) is 2.56. The van der Waals surface area contributed by atoms with Gasteiger partial charge in [0, 0.05) is 10.6 Å². The quantitative estimate of drug-likeness (QED) is 0.867. The van der Waals surface area contributed by atoms with Crippen LogP contribution in [0.2, 0.25) is 0 Å². The molecule has 0 radical (unpaired) electrons. The van der Waals surface area contributed by atoms with E-state index in [1.54, 1.807) is 23.5 Å². The van der Waals surface area contributed by atoms with E-state index in [0.717, 1.165) is 5.70 Å². The summed E-state index contributed by atoms with van der Waals surface area (Å²) in [6, 6.07) is 10.2. The van der Waals surface area contributed by atoms with Gasteiger partial charge in [-0.25, -0.2) is 0 Å². The van der Waals surface area contributed by atoms with Crippen LogP contribution in [-0.2, 0) is 4.79 Å². The van der Waals surface area contributed by atoms with E-state index in [4.69, 9.17) is 0 Å². The Morgan fingerprint density at radius 1 is 1.40 bits per heavy atom. The van der Waals surface area contributed by atoms with Crippen molar-refractivity contribution in [3.05, 3.63) is 40.3 Å². The zero-order chi connectivity index (χ0) is 14.3. The highest BCUT2D eigenvalue weighted by Crippen LogP contribution is 2.54. The molecule has 20 heavy (non-hydrogen) atoms. The monoisotopic (exact) mass is 307 g/mol. The Labute approximate surface area is 127 Å². The minimum absolute atomic E-state index is 0.0676. The summed E-state index contributed by atoms with van der Waals surface area (Å²) in [6.07, 6.45) is 0.103. The van der Waals surface area contributed by atoms with E-state index in [-0.39, 0.29) is 17.2 Å². The Morgan fingerprint density at radius 3 is 2.75 bits per heavy atom. The summed E-state index contributed by atoms with van der Waals surface area (Å²) in [6.45, 7) is 3.91. The van der Waals surface area contributed by atoms with Gasteiger partial charge in [-0.3, -0.25) is 4.79 Å². The van der Waals surface area contributed by atoms with Crippen LogP contribution in [0.5, 0.6) is 0 Å². The number of carbonyl (C=O) groups excluding carboxylic acids is 1. The Balaban J connectivity index is 1.76. The largest absolute Gasteiger partial charge is 0.392 e. The van der Waals surface area contributed by atoms with Crippen molar-refractivity contribution >= 4 is 29.4 Å². The van der Waals surface area contributed by atoms with Gasteiger partial charge in [0.15, 0.2) is 0 Å². The van der Waals surface area contributed by atoms with Gasteiger partial charge < -0.3 is 10.0 Å². The minimum atomic E-state index is -0.523. The molecule has 3 atom stereocenters. The van der Waals surface area contributed by atoms with E-state index in [9.17, 15) is 9.90 Å². The Morgan fingerprint density at radius 2 is 2.10 bits per heavy atom. The number of carbonyl (C=O) groups is 1. The molecule has 0 aromatic heterocycles. The minimum Gasteiger partial charge on any atom is -0.392 e. The number of aliphatic hydroxyl groups excluding tert-OH is 1. The lowest BCUT2D eigenvalue weighted by atomic mass is 9.90. The lowest BCUT2D eigenvalue weighted by Gasteiger charge is -2.44. The van der Waals surface area contributed by atoms with Gasteiger partial charge in [0.25, 0.3) is 0 Å². The second-order valence-electron chi connectivity index (χ2n) is 5.01. The third-order valence-electron chi connectivity index (χ3n) is 3.76. The number of thioether (sulfide) groups is 2. The molecule has 1 aromatic carbocycles. The van der Waals surface area contributed by atoms with Crippen molar-refractivity contribution in [1.29, 1.82) is 0 Å². The number of rotatable bonds is 4. The second kappa shape index (κ2) is 5.47. The molecule has 2 heterocycles. The summed E-state index contributed by atoms with van der Waals surface area (Å²) in [5, 5.41) is 10.1. The van der Waals surface area contributed by atoms with E-state index in [2.05, 4.69) is 12.1 Å². The molecule has 0 saturated carbocycles. The van der Waals surface area contributed by atoms with Gasteiger partial charge in [0.1, 0.15) is 5.37 Å². The van der Waals surface area contributed by atoms with E-state index < -0.39 is 6.10 Å². The van der Waals surface area contributed by atoms with Crippen LogP contribution in [0.3, 0.4) is 0 Å². The number of nitrogens with zero attached hydrogens (tertiary/aromatic N) is 1. The van der Waals surface area contributed by atoms with Crippen molar-refractivity contribution in [3.63, 3.8) is 0 Å². The standard InChI is InChI=1S/C15H17NO2S2/c1-3-11(17)12-13(18)16-9(2)15(20-14(12)16)19-10-7-5-4-6-8-10/h4-8,11-12,14,17H,3H2,1-2H3/t11-,12+,14+/m0/s1. The molecule has 2 aliphatic rings. The zero-order valence-corrected chi connectivity index (χ0v) is 13.1. The summed E-state index contributed by atoms with van der Waals surface area (Å²) in [5.74, 6) is -0.174. The molecule has 1 saturated heterocycles. The van der Waals surface area contributed by atoms with Gasteiger partial charge in [0.05, 0.1) is 16.3 Å². The average Bonchev–Trinajstić information content (AvgIpc) is 2.72. The van der Waals surface area contributed by atoms with E-state index >= 15 is 0 Å². The van der Waals surface area contributed by atoms with Crippen molar-refractivity contribution in [1.82, 2.24) is 4.90 Å². The maximum absolute atomic E-state index is 12.2. The molecule has 1 aromatic rings. The number of fused-ring (bicyclic) bond motifs is 1. The fraction of sp³-hybridized carbons (Fsp3) is 0.400. The third kappa shape index (κ3) is 2.18. The van der Waals surface area contributed by atoms with Crippen LogP contribution >= 0.6 is 23.5 Å². The van der Waals surface area contributed by atoms with Gasteiger partial charge >= 0.3 is 0 Å². The van der Waals surface area contributed by atoms with Crippen LogP contribution in [0.4, 0.5) is 0 Å². The Kier molecular flexibility index (Phi) is 3.84. The molecule has 1 fully saturated rings. The van der Waals surface area contributed by atoms with Crippen molar-refractivity contribution < 1.29 is 9.90 Å². The first-order valence-electron chi connectivity index (χ1n) is 6.75. The van der Waals surface area contributed by atoms with E-state index in [1.807, 2.05) is 36.9 Å². The predicted molar refractivity (Wildman–Crippen MR) is 83.0 cm³/mol. The van der Waals surface area contributed by atoms with Gasteiger partial charge in [-0.15, -0.1) is 0 Å². The molecule has 106 valence electrons. The summed E-state index contributed by atoms with van der Waals surface area (Å²) in [5.41, 5.74) is 1.03. The normalized spacial score (nSPS) is 26.6. The van der Waals surface area contributed by atoms with E-state index in [0.29, 0.717) is 6.42 Å². The lowest BCUT2D eigenvalue weighted by molar-refractivity contribution is -0.153. The highest BCUT2D eigenvalue weighted by molar-refractivity contribution is 8.22. The van der Waals surface area contributed by atoms with Crippen LogP contribution in [0.15, 0.2) is 45.2 Å². The molecule has 3 rings (SSSR count). The number of amides is 1. The first-order valence-corrected chi connectivity index (χ1v) is 8.44. The van der Waals surface area contributed by atoms with Crippen LogP contribution in [0, 0.1) is 5.92 Å². The van der Waals surface area contributed by atoms with Crippen molar-refractivity contribution in [2.24, 2.45) is 5.92 Å². The van der Waals surface area contributed by atoms with Crippen LogP contribution in [-0.4, -0.2) is 27.4 Å². The molecule has 3 nitrogen and oxygen atoms in total. The molecular formula is C15H17NO2S2. The number of aliphatic hydroxyl groups is 1.